The quantitative estimate of drug-likeness (QED) is 0.636. The van der Waals surface area contributed by atoms with Gasteiger partial charge in [0.2, 0.25) is 0 Å². The Balaban J connectivity index is 2.57. The molecule has 0 heterocycles. The first kappa shape index (κ1) is 18.2. The van der Waals surface area contributed by atoms with E-state index in [1.165, 1.54) is 25.3 Å². The highest BCUT2D eigenvalue weighted by atomic mass is 19.1. The number of halogens is 1. The standard InChI is InChI=1S/C19H32FN/c1-5-7-16(4)10-18(14-21-13-15(2)3)11-17-8-6-9-19(20)12-17/h6,8-9,12,15-16,18,21H,5,7,10-11,13-14H2,1-4H3. The molecule has 0 saturated heterocycles. The second-order valence-electron chi connectivity index (χ2n) is 6.88. The second-order valence-corrected chi connectivity index (χ2v) is 6.88. The number of hydrogen-bond donors (Lipinski definition) is 1. The lowest BCUT2D eigenvalue weighted by molar-refractivity contribution is 0.348. The Bertz CT molecular complexity index is 389. The van der Waals surface area contributed by atoms with Crippen molar-refractivity contribution in [1.82, 2.24) is 5.32 Å². The minimum Gasteiger partial charge on any atom is -0.316 e. The molecular formula is C19H32FN. The highest BCUT2D eigenvalue weighted by molar-refractivity contribution is 5.16. The summed E-state index contributed by atoms with van der Waals surface area (Å²) in [7, 11) is 0. The Kier molecular flexibility index (Phi) is 8.60. The Labute approximate surface area is 130 Å². The van der Waals surface area contributed by atoms with Crippen LogP contribution in [-0.4, -0.2) is 13.1 Å². The highest BCUT2D eigenvalue weighted by Crippen LogP contribution is 2.21. The largest absolute Gasteiger partial charge is 0.316 e. The van der Waals surface area contributed by atoms with E-state index in [0.717, 1.165) is 31.0 Å². The molecule has 0 spiro atoms. The van der Waals surface area contributed by atoms with Gasteiger partial charge >= 0.3 is 0 Å². The van der Waals surface area contributed by atoms with E-state index in [9.17, 15) is 4.39 Å². The molecule has 120 valence electrons. The van der Waals surface area contributed by atoms with E-state index in [-0.39, 0.29) is 5.82 Å². The first-order chi connectivity index (χ1) is 10.0. The summed E-state index contributed by atoms with van der Waals surface area (Å²) in [4.78, 5) is 0. The summed E-state index contributed by atoms with van der Waals surface area (Å²) in [5, 5.41) is 3.57. The fourth-order valence-electron chi connectivity index (χ4n) is 2.99. The van der Waals surface area contributed by atoms with Gasteiger partial charge in [0.25, 0.3) is 0 Å². The molecular weight excluding hydrogens is 261 g/mol. The molecule has 2 atom stereocenters. The van der Waals surface area contributed by atoms with Crippen LogP contribution in [0.25, 0.3) is 0 Å². The molecule has 1 nitrogen and oxygen atoms in total. The van der Waals surface area contributed by atoms with Gasteiger partial charge in [-0.1, -0.05) is 52.7 Å². The SMILES string of the molecule is CCCC(C)CC(CNCC(C)C)Cc1cccc(F)c1. The van der Waals surface area contributed by atoms with E-state index in [4.69, 9.17) is 0 Å². The lowest BCUT2D eigenvalue weighted by Crippen LogP contribution is -2.28. The van der Waals surface area contributed by atoms with Crippen LogP contribution in [-0.2, 0) is 6.42 Å². The number of rotatable bonds is 10. The van der Waals surface area contributed by atoms with Crippen LogP contribution in [0.2, 0.25) is 0 Å². The number of benzene rings is 1. The smallest absolute Gasteiger partial charge is 0.123 e. The van der Waals surface area contributed by atoms with Crippen molar-refractivity contribution in [1.29, 1.82) is 0 Å². The molecule has 0 radical (unpaired) electrons. The van der Waals surface area contributed by atoms with Crippen molar-refractivity contribution in [2.75, 3.05) is 13.1 Å². The fraction of sp³-hybridized carbons (Fsp3) is 0.684. The fourth-order valence-corrected chi connectivity index (χ4v) is 2.99. The molecule has 1 aromatic carbocycles. The summed E-state index contributed by atoms with van der Waals surface area (Å²) < 4.78 is 13.3. The van der Waals surface area contributed by atoms with Crippen LogP contribution >= 0.6 is 0 Å². The van der Waals surface area contributed by atoms with Gasteiger partial charge in [-0.2, -0.15) is 0 Å². The van der Waals surface area contributed by atoms with Gasteiger partial charge in [0.05, 0.1) is 0 Å². The molecule has 1 N–H and O–H groups in total. The van der Waals surface area contributed by atoms with Crippen LogP contribution in [0, 0.1) is 23.6 Å². The molecule has 2 heteroatoms. The predicted molar refractivity (Wildman–Crippen MR) is 90.0 cm³/mol. The summed E-state index contributed by atoms with van der Waals surface area (Å²) in [6, 6.07) is 7.07. The van der Waals surface area contributed by atoms with Gasteiger partial charge in [-0.25, -0.2) is 4.39 Å². The van der Waals surface area contributed by atoms with E-state index in [1.807, 2.05) is 12.1 Å². The van der Waals surface area contributed by atoms with E-state index >= 15 is 0 Å². The van der Waals surface area contributed by atoms with Crippen LogP contribution in [0.15, 0.2) is 24.3 Å². The van der Waals surface area contributed by atoms with Crippen LogP contribution < -0.4 is 5.32 Å². The van der Waals surface area contributed by atoms with E-state index in [2.05, 4.69) is 33.0 Å². The Morgan fingerprint density at radius 1 is 1.14 bits per heavy atom. The van der Waals surface area contributed by atoms with Gasteiger partial charge in [-0.05, 0) is 61.4 Å². The van der Waals surface area contributed by atoms with Gasteiger partial charge in [0.15, 0.2) is 0 Å². The van der Waals surface area contributed by atoms with Gasteiger partial charge in [0, 0.05) is 0 Å². The van der Waals surface area contributed by atoms with Crippen molar-refractivity contribution >= 4 is 0 Å². The van der Waals surface area contributed by atoms with Crippen molar-refractivity contribution in [2.24, 2.45) is 17.8 Å². The molecule has 1 rings (SSSR count). The molecule has 0 saturated carbocycles. The molecule has 0 aliphatic rings. The van der Waals surface area contributed by atoms with Crippen LogP contribution in [0.5, 0.6) is 0 Å². The Morgan fingerprint density at radius 3 is 2.52 bits per heavy atom. The zero-order chi connectivity index (χ0) is 15.7. The third kappa shape index (κ3) is 8.21. The van der Waals surface area contributed by atoms with Crippen molar-refractivity contribution < 1.29 is 4.39 Å². The summed E-state index contributed by atoms with van der Waals surface area (Å²) in [6.07, 6.45) is 4.71. The molecule has 2 unspecified atom stereocenters. The van der Waals surface area contributed by atoms with Gasteiger partial charge in [-0.3, -0.25) is 0 Å². The average molecular weight is 293 g/mol. The Morgan fingerprint density at radius 2 is 1.90 bits per heavy atom. The summed E-state index contributed by atoms with van der Waals surface area (Å²) in [5.74, 6) is 1.89. The zero-order valence-electron chi connectivity index (χ0n) is 14.2. The molecule has 0 bridgehead atoms. The predicted octanol–water partition coefficient (Wildman–Crippen LogP) is 5.06. The zero-order valence-corrected chi connectivity index (χ0v) is 14.2. The molecule has 21 heavy (non-hydrogen) atoms. The molecule has 0 aliphatic heterocycles. The minimum absolute atomic E-state index is 0.122. The number of nitrogens with one attached hydrogen (secondary N) is 1. The average Bonchev–Trinajstić information content (AvgIpc) is 2.38. The highest BCUT2D eigenvalue weighted by Gasteiger charge is 2.14. The molecule has 0 fully saturated rings. The lowest BCUT2D eigenvalue weighted by atomic mass is 9.88. The monoisotopic (exact) mass is 293 g/mol. The van der Waals surface area contributed by atoms with Crippen LogP contribution in [0.3, 0.4) is 0 Å². The summed E-state index contributed by atoms with van der Waals surface area (Å²) in [5.41, 5.74) is 1.12. The maximum atomic E-state index is 13.3. The molecule has 0 amide bonds. The molecule has 0 aliphatic carbocycles. The van der Waals surface area contributed by atoms with Crippen molar-refractivity contribution in [3.8, 4) is 0 Å². The molecule has 0 aromatic heterocycles. The first-order valence-electron chi connectivity index (χ1n) is 8.46. The van der Waals surface area contributed by atoms with Crippen molar-refractivity contribution in [3.63, 3.8) is 0 Å². The minimum atomic E-state index is -0.122. The van der Waals surface area contributed by atoms with Gasteiger partial charge in [0.1, 0.15) is 5.82 Å². The summed E-state index contributed by atoms with van der Waals surface area (Å²) in [6.45, 7) is 11.1. The second kappa shape index (κ2) is 9.94. The third-order valence-corrected chi connectivity index (χ3v) is 3.92. The maximum Gasteiger partial charge on any atom is 0.123 e. The Hall–Kier alpha value is -0.890. The van der Waals surface area contributed by atoms with Crippen molar-refractivity contribution in [2.45, 2.75) is 53.4 Å². The molecule has 1 aromatic rings. The third-order valence-electron chi connectivity index (χ3n) is 3.92. The summed E-state index contributed by atoms with van der Waals surface area (Å²) >= 11 is 0. The van der Waals surface area contributed by atoms with Gasteiger partial charge < -0.3 is 5.32 Å². The maximum absolute atomic E-state index is 13.3. The number of hydrogen-bond acceptors (Lipinski definition) is 1. The normalized spacial score (nSPS) is 14.4. The van der Waals surface area contributed by atoms with Crippen LogP contribution in [0.4, 0.5) is 4.39 Å². The van der Waals surface area contributed by atoms with Crippen molar-refractivity contribution in [3.05, 3.63) is 35.6 Å². The van der Waals surface area contributed by atoms with E-state index in [0.29, 0.717) is 11.8 Å². The lowest BCUT2D eigenvalue weighted by Gasteiger charge is -2.22. The van der Waals surface area contributed by atoms with E-state index in [1.54, 1.807) is 6.07 Å². The topological polar surface area (TPSA) is 12.0 Å². The first-order valence-corrected chi connectivity index (χ1v) is 8.46. The van der Waals surface area contributed by atoms with Gasteiger partial charge in [-0.15, -0.1) is 0 Å². The van der Waals surface area contributed by atoms with Crippen LogP contribution in [0.1, 0.15) is 52.5 Å². The van der Waals surface area contributed by atoms with E-state index < -0.39 is 0 Å².